The molecule has 0 aliphatic heterocycles. The Morgan fingerprint density at radius 1 is 1.43 bits per heavy atom. The van der Waals surface area contributed by atoms with Crippen LogP contribution in [-0.2, 0) is 4.79 Å². The van der Waals surface area contributed by atoms with Gasteiger partial charge in [0, 0.05) is 6.04 Å². The summed E-state index contributed by atoms with van der Waals surface area (Å²) in [6, 6.07) is 5.63. The summed E-state index contributed by atoms with van der Waals surface area (Å²) in [5.74, 6) is -0.174. The molecule has 21 heavy (non-hydrogen) atoms. The Morgan fingerprint density at radius 2 is 2.19 bits per heavy atom. The Hall–Kier alpha value is -2.02. The van der Waals surface area contributed by atoms with E-state index >= 15 is 0 Å². The third kappa shape index (κ3) is 2.87. The molecule has 0 spiro atoms. The predicted molar refractivity (Wildman–Crippen MR) is 78.5 cm³/mol. The number of aliphatic carboxylic acids is 1. The van der Waals surface area contributed by atoms with E-state index in [1.165, 1.54) is 0 Å². The molecule has 2 aromatic rings. The SMILES string of the molecule is Cc1ccc(O)c(-c2nnc(SCC(=O)O)n2C2CC2)c1. The molecule has 2 N–H and O–H groups in total. The predicted octanol–water partition coefficient (Wildman–Crippen LogP) is 2.47. The fraction of sp³-hybridized carbons (Fsp3) is 0.357. The number of nitrogens with zero attached hydrogens (tertiary/aromatic N) is 3. The van der Waals surface area contributed by atoms with Crippen LogP contribution in [0.15, 0.2) is 23.4 Å². The van der Waals surface area contributed by atoms with Crippen molar-refractivity contribution in [3.63, 3.8) is 0 Å². The summed E-state index contributed by atoms with van der Waals surface area (Å²) in [6.45, 7) is 1.95. The van der Waals surface area contributed by atoms with Crippen LogP contribution in [0.4, 0.5) is 0 Å². The van der Waals surface area contributed by atoms with Crippen molar-refractivity contribution in [2.45, 2.75) is 31.0 Å². The molecule has 0 amide bonds. The standard InChI is InChI=1S/C14H15N3O3S/c1-8-2-5-11(18)10(6-8)13-15-16-14(21-7-12(19)20)17(13)9-3-4-9/h2,5-6,9,18H,3-4,7H2,1H3,(H,19,20). The number of benzene rings is 1. The van der Waals surface area contributed by atoms with E-state index in [2.05, 4.69) is 10.2 Å². The molecule has 1 heterocycles. The van der Waals surface area contributed by atoms with Gasteiger partial charge in [-0.25, -0.2) is 0 Å². The van der Waals surface area contributed by atoms with Crippen molar-refractivity contribution >= 4 is 17.7 Å². The number of hydrogen-bond donors (Lipinski definition) is 2. The van der Waals surface area contributed by atoms with Gasteiger partial charge in [-0.3, -0.25) is 9.36 Å². The van der Waals surface area contributed by atoms with Gasteiger partial charge in [-0.2, -0.15) is 0 Å². The summed E-state index contributed by atoms with van der Waals surface area (Å²) >= 11 is 1.16. The summed E-state index contributed by atoms with van der Waals surface area (Å²) in [7, 11) is 0. The van der Waals surface area contributed by atoms with Crippen molar-refractivity contribution < 1.29 is 15.0 Å². The van der Waals surface area contributed by atoms with Crippen molar-refractivity contribution in [1.82, 2.24) is 14.8 Å². The largest absolute Gasteiger partial charge is 0.507 e. The minimum absolute atomic E-state index is 0.0509. The zero-order valence-electron chi connectivity index (χ0n) is 11.5. The van der Waals surface area contributed by atoms with Gasteiger partial charge in [-0.15, -0.1) is 10.2 Å². The third-order valence-electron chi connectivity index (χ3n) is 3.29. The number of carboxylic acids is 1. The molecule has 6 nitrogen and oxygen atoms in total. The molecule has 0 atom stereocenters. The van der Waals surface area contributed by atoms with Crippen LogP contribution in [0.3, 0.4) is 0 Å². The van der Waals surface area contributed by atoms with E-state index in [0.29, 0.717) is 22.6 Å². The summed E-state index contributed by atoms with van der Waals surface area (Å²) in [5.41, 5.74) is 1.66. The molecule has 110 valence electrons. The van der Waals surface area contributed by atoms with Crippen molar-refractivity contribution in [3.05, 3.63) is 23.8 Å². The van der Waals surface area contributed by atoms with Gasteiger partial charge in [-0.05, 0) is 31.9 Å². The van der Waals surface area contributed by atoms with Gasteiger partial charge >= 0.3 is 5.97 Å². The van der Waals surface area contributed by atoms with Crippen LogP contribution >= 0.6 is 11.8 Å². The first-order chi connectivity index (χ1) is 10.1. The molecule has 1 fully saturated rings. The first-order valence-corrected chi connectivity index (χ1v) is 7.64. The molecule has 1 aliphatic rings. The minimum atomic E-state index is -0.884. The van der Waals surface area contributed by atoms with Crippen LogP contribution in [-0.4, -0.2) is 36.7 Å². The fourth-order valence-corrected chi connectivity index (χ4v) is 2.90. The van der Waals surface area contributed by atoms with Crippen molar-refractivity contribution in [1.29, 1.82) is 0 Å². The molecule has 1 aromatic carbocycles. The van der Waals surface area contributed by atoms with Gasteiger partial charge in [0.2, 0.25) is 0 Å². The van der Waals surface area contributed by atoms with Gasteiger partial charge in [0.15, 0.2) is 11.0 Å². The van der Waals surface area contributed by atoms with Crippen LogP contribution in [0.5, 0.6) is 5.75 Å². The lowest BCUT2D eigenvalue weighted by atomic mass is 10.1. The smallest absolute Gasteiger partial charge is 0.313 e. The Balaban J connectivity index is 2.02. The monoisotopic (exact) mass is 305 g/mol. The maximum atomic E-state index is 10.7. The quantitative estimate of drug-likeness (QED) is 0.825. The zero-order valence-corrected chi connectivity index (χ0v) is 12.3. The topological polar surface area (TPSA) is 88.2 Å². The lowest BCUT2D eigenvalue weighted by Crippen LogP contribution is -2.03. The van der Waals surface area contributed by atoms with Crippen LogP contribution in [0.2, 0.25) is 0 Å². The average molecular weight is 305 g/mol. The first kappa shape index (κ1) is 13.9. The summed E-state index contributed by atoms with van der Waals surface area (Å²) in [6.07, 6.45) is 2.05. The van der Waals surface area contributed by atoms with E-state index in [-0.39, 0.29) is 11.5 Å². The van der Waals surface area contributed by atoms with Crippen LogP contribution in [0.1, 0.15) is 24.4 Å². The van der Waals surface area contributed by atoms with Gasteiger partial charge in [0.25, 0.3) is 0 Å². The molecule has 1 aliphatic carbocycles. The van der Waals surface area contributed by atoms with Crippen LogP contribution in [0.25, 0.3) is 11.4 Å². The molecule has 1 saturated carbocycles. The van der Waals surface area contributed by atoms with Crippen molar-refractivity contribution in [2.24, 2.45) is 0 Å². The lowest BCUT2D eigenvalue weighted by Gasteiger charge is -2.10. The lowest BCUT2D eigenvalue weighted by molar-refractivity contribution is -0.133. The number of carboxylic acid groups (broad SMARTS) is 1. The number of phenolic OH excluding ortho intramolecular Hbond substituents is 1. The number of thioether (sulfide) groups is 1. The number of aromatic nitrogens is 3. The number of phenols is 1. The van der Waals surface area contributed by atoms with Crippen molar-refractivity contribution in [3.8, 4) is 17.1 Å². The maximum Gasteiger partial charge on any atom is 0.313 e. The van der Waals surface area contributed by atoms with E-state index in [1.807, 2.05) is 23.6 Å². The van der Waals surface area contributed by atoms with Gasteiger partial charge < -0.3 is 10.2 Å². The highest BCUT2D eigenvalue weighted by Crippen LogP contribution is 2.42. The van der Waals surface area contributed by atoms with E-state index in [1.54, 1.807) is 6.07 Å². The Kier molecular flexibility index (Phi) is 3.59. The molecule has 1 aromatic heterocycles. The number of hydrogen-bond acceptors (Lipinski definition) is 5. The molecule has 0 radical (unpaired) electrons. The molecular weight excluding hydrogens is 290 g/mol. The van der Waals surface area contributed by atoms with E-state index in [4.69, 9.17) is 5.11 Å². The number of rotatable bonds is 5. The summed E-state index contributed by atoms with van der Waals surface area (Å²) < 4.78 is 1.95. The molecular formula is C14H15N3O3S. The first-order valence-electron chi connectivity index (χ1n) is 6.65. The highest BCUT2D eigenvalue weighted by atomic mass is 32.2. The fourth-order valence-electron chi connectivity index (χ4n) is 2.18. The van der Waals surface area contributed by atoms with Crippen LogP contribution in [0, 0.1) is 6.92 Å². The molecule has 0 saturated heterocycles. The summed E-state index contributed by atoms with van der Waals surface area (Å²) in [4.78, 5) is 10.7. The number of carbonyl (C=O) groups is 1. The zero-order chi connectivity index (χ0) is 15.0. The molecule has 3 rings (SSSR count). The van der Waals surface area contributed by atoms with E-state index in [0.717, 1.165) is 30.2 Å². The van der Waals surface area contributed by atoms with Crippen molar-refractivity contribution in [2.75, 3.05) is 5.75 Å². The number of aryl methyl sites for hydroxylation is 1. The van der Waals surface area contributed by atoms with Gasteiger partial charge in [0.1, 0.15) is 5.75 Å². The normalized spacial score (nSPS) is 14.3. The third-order valence-corrected chi connectivity index (χ3v) is 4.22. The minimum Gasteiger partial charge on any atom is -0.507 e. The van der Waals surface area contributed by atoms with Gasteiger partial charge in [0.05, 0.1) is 11.3 Å². The highest BCUT2D eigenvalue weighted by molar-refractivity contribution is 7.99. The maximum absolute atomic E-state index is 10.7. The van der Waals surface area contributed by atoms with Gasteiger partial charge in [-0.1, -0.05) is 23.4 Å². The summed E-state index contributed by atoms with van der Waals surface area (Å²) in [5, 5.41) is 27.7. The number of aromatic hydroxyl groups is 1. The molecule has 7 heteroatoms. The second-order valence-corrected chi connectivity index (χ2v) is 6.05. The van der Waals surface area contributed by atoms with E-state index < -0.39 is 5.97 Å². The highest BCUT2D eigenvalue weighted by Gasteiger charge is 2.31. The van der Waals surface area contributed by atoms with Crippen LogP contribution < -0.4 is 0 Å². The molecule has 0 unspecified atom stereocenters. The Labute approximate surface area is 125 Å². The second kappa shape index (κ2) is 5.40. The Bertz CT molecular complexity index is 695. The second-order valence-electron chi connectivity index (χ2n) is 5.11. The Morgan fingerprint density at radius 3 is 2.86 bits per heavy atom. The average Bonchev–Trinajstić information content (AvgIpc) is 3.19. The molecule has 0 bridgehead atoms. The van der Waals surface area contributed by atoms with E-state index in [9.17, 15) is 9.90 Å².